The third-order valence-electron chi connectivity index (χ3n) is 8.10. The number of aromatic nitrogens is 1. The fraction of sp³-hybridized carbons (Fsp3) is 0.324. The SMILES string of the molecule is CN(CCc1ccccn1)C[C@H]1C[C@@H](c2ccc(CO)cc2)O[C@@H](c2ccc(-c3cccc(CNC(=O)CCC(=O)O)c3)cc2)O1. The number of ether oxygens (including phenoxy) is 2. The molecule has 2 heterocycles. The Kier molecular flexibility index (Phi) is 11.6. The lowest BCUT2D eigenvalue weighted by molar-refractivity contribution is -0.252. The van der Waals surface area contributed by atoms with Crippen molar-refractivity contribution in [2.45, 2.75) is 57.3 Å². The number of benzene rings is 3. The number of likely N-dealkylation sites (N-methyl/N-ethyl adjacent to an activating group) is 1. The fourth-order valence-corrected chi connectivity index (χ4v) is 5.53. The Morgan fingerprint density at radius 3 is 2.39 bits per heavy atom. The van der Waals surface area contributed by atoms with Crippen LogP contribution in [0.5, 0.6) is 0 Å². The van der Waals surface area contributed by atoms with Crippen molar-refractivity contribution >= 4 is 11.9 Å². The minimum atomic E-state index is -0.990. The van der Waals surface area contributed by atoms with E-state index in [1.54, 1.807) is 0 Å². The van der Waals surface area contributed by atoms with Crippen molar-refractivity contribution in [1.82, 2.24) is 15.2 Å². The molecular formula is C37H41N3O6. The van der Waals surface area contributed by atoms with Gasteiger partial charge in [-0.3, -0.25) is 14.6 Å². The molecule has 0 spiro atoms. The Hall–Kier alpha value is -4.41. The molecule has 240 valence electrons. The standard InChI is InChI=1S/C37H41N3O6/c1-40(20-18-32-7-2-3-19-38-32)24-33-22-34(29-10-8-26(25-41)9-11-29)46-37(45-33)30-14-12-28(13-15-30)31-6-4-5-27(21-31)23-39-35(42)16-17-36(43)44/h2-15,19,21,33-34,37,41H,16-18,20,22-25H2,1H3,(H,39,42)(H,43,44)/t33-,34+,37+/m1/s1. The van der Waals surface area contributed by atoms with Crippen molar-refractivity contribution in [3.05, 3.63) is 125 Å². The van der Waals surface area contributed by atoms with Crippen LogP contribution < -0.4 is 5.32 Å². The molecule has 9 heteroatoms. The van der Waals surface area contributed by atoms with Gasteiger partial charge in [0, 0.05) is 56.4 Å². The second kappa shape index (κ2) is 16.2. The zero-order valence-corrected chi connectivity index (χ0v) is 26.0. The van der Waals surface area contributed by atoms with Crippen molar-refractivity contribution in [3.63, 3.8) is 0 Å². The van der Waals surface area contributed by atoms with E-state index in [0.717, 1.165) is 58.6 Å². The van der Waals surface area contributed by atoms with E-state index in [9.17, 15) is 14.7 Å². The number of carbonyl (C=O) groups is 2. The first-order valence-electron chi connectivity index (χ1n) is 15.6. The first-order valence-corrected chi connectivity index (χ1v) is 15.6. The van der Waals surface area contributed by atoms with E-state index < -0.39 is 12.3 Å². The van der Waals surface area contributed by atoms with E-state index in [2.05, 4.69) is 22.2 Å². The molecule has 4 aromatic rings. The summed E-state index contributed by atoms with van der Waals surface area (Å²) >= 11 is 0. The zero-order valence-electron chi connectivity index (χ0n) is 26.0. The molecule has 0 bridgehead atoms. The van der Waals surface area contributed by atoms with Crippen LogP contribution in [0.1, 0.15) is 59.6 Å². The smallest absolute Gasteiger partial charge is 0.303 e. The molecule has 1 aromatic heterocycles. The van der Waals surface area contributed by atoms with Crippen molar-refractivity contribution in [3.8, 4) is 11.1 Å². The molecule has 0 aliphatic carbocycles. The van der Waals surface area contributed by atoms with Gasteiger partial charge in [0.25, 0.3) is 0 Å². The molecular weight excluding hydrogens is 582 g/mol. The van der Waals surface area contributed by atoms with Crippen LogP contribution in [0, 0.1) is 0 Å². The molecule has 1 aliphatic rings. The summed E-state index contributed by atoms with van der Waals surface area (Å²) in [7, 11) is 2.10. The predicted molar refractivity (Wildman–Crippen MR) is 174 cm³/mol. The topological polar surface area (TPSA) is 121 Å². The van der Waals surface area contributed by atoms with E-state index in [4.69, 9.17) is 14.6 Å². The third-order valence-corrected chi connectivity index (χ3v) is 8.10. The van der Waals surface area contributed by atoms with Crippen molar-refractivity contribution in [2.75, 3.05) is 20.1 Å². The Bertz CT molecular complexity index is 1560. The Labute approximate surface area is 269 Å². The van der Waals surface area contributed by atoms with E-state index in [1.165, 1.54) is 0 Å². The van der Waals surface area contributed by atoms with Crippen molar-refractivity contribution in [1.29, 1.82) is 0 Å². The number of pyridine rings is 1. The van der Waals surface area contributed by atoms with E-state index in [0.29, 0.717) is 13.0 Å². The molecule has 3 aromatic carbocycles. The Balaban J connectivity index is 1.26. The van der Waals surface area contributed by atoms with E-state index >= 15 is 0 Å². The summed E-state index contributed by atoms with van der Waals surface area (Å²) in [6.07, 6.45) is 2.39. The van der Waals surface area contributed by atoms with Gasteiger partial charge in [0.1, 0.15) is 0 Å². The van der Waals surface area contributed by atoms with Gasteiger partial charge in [-0.2, -0.15) is 0 Å². The highest BCUT2D eigenvalue weighted by atomic mass is 16.7. The average molecular weight is 624 g/mol. The molecule has 9 nitrogen and oxygen atoms in total. The van der Waals surface area contributed by atoms with Gasteiger partial charge in [0.2, 0.25) is 5.91 Å². The normalized spacial score (nSPS) is 17.9. The number of nitrogens with zero attached hydrogens (tertiary/aromatic N) is 2. The molecule has 1 fully saturated rings. The summed E-state index contributed by atoms with van der Waals surface area (Å²) in [6.45, 7) is 1.93. The van der Waals surface area contributed by atoms with Gasteiger partial charge >= 0.3 is 5.97 Å². The van der Waals surface area contributed by atoms with Crippen LogP contribution in [0.15, 0.2) is 97.2 Å². The van der Waals surface area contributed by atoms with Gasteiger partial charge in [-0.1, -0.05) is 72.8 Å². The number of rotatable bonds is 14. The van der Waals surface area contributed by atoms with E-state index in [-0.39, 0.29) is 37.6 Å². The number of amides is 1. The van der Waals surface area contributed by atoms with Crippen LogP contribution in [0.2, 0.25) is 0 Å². The third kappa shape index (κ3) is 9.55. The number of aliphatic hydroxyl groups excluding tert-OH is 1. The summed E-state index contributed by atoms with van der Waals surface area (Å²) in [5, 5.41) is 21.1. The van der Waals surface area contributed by atoms with Gasteiger partial charge in [-0.25, -0.2) is 0 Å². The van der Waals surface area contributed by atoms with Crippen LogP contribution in [0.4, 0.5) is 0 Å². The zero-order chi connectivity index (χ0) is 32.3. The molecule has 0 radical (unpaired) electrons. The largest absolute Gasteiger partial charge is 0.481 e. The Morgan fingerprint density at radius 2 is 1.67 bits per heavy atom. The summed E-state index contributed by atoms with van der Waals surface area (Å²) in [4.78, 5) is 29.4. The number of aliphatic hydroxyl groups is 1. The number of hydrogen-bond donors (Lipinski definition) is 3. The molecule has 1 aliphatic heterocycles. The summed E-state index contributed by atoms with van der Waals surface area (Å²) in [5.41, 5.74) is 6.84. The fourth-order valence-electron chi connectivity index (χ4n) is 5.53. The maximum absolute atomic E-state index is 12.0. The molecule has 1 amide bonds. The van der Waals surface area contributed by atoms with Gasteiger partial charge in [0.05, 0.1) is 25.2 Å². The molecule has 0 unspecified atom stereocenters. The van der Waals surface area contributed by atoms with Crippen LogP contribution in [-0.2, 0) is 38.6 Å². The van der Waals surface area contributed by atoms with Crippen LogP contribution >= 0.6 is 0 Å². The first-order chi connectivity index (χ1) is 22.4. The Morgan fingerprint density at radius 1 is 0.891 bits per heavy atom. The van der Waals surface area contributed by atoms with Crippen molar-refractivity contribution < 1.29 is 29.3 Å². The second-order valence-corrected chi connectivity index (χ2v) is 11.7. The molecule has 5 rings (SSSR count). The lowest BCUT2D eigenvalue weighted by Gasteiger charge is -2.38. The number of aliphatic carboxylic acids is 1. The lowest BCUT2D eigenvalue weighted by Crippen LogP contribution is -2.38. The van der Waals surface area contributed by atoms with Crippen LogP contribution in [0.25, 0.3) is 11.1 Å². The highest BCUT2D eigenvalue weighted by Gasteiger charge is 2.32. The molecule has 3 atom stereocenters. The molecule has 3 N–H and O–H groups in total. The maximum Gasteiger partial charge on any atom is 0.303 e. The second-order valence-electron chi connectivity index (χ2n) is 11.7. The number of nitrogens with one attached hydrogen (secondary N) is 1. The first kappa shape index (κ1) is 33.0. The minimum absolute atomic E-state index is 0.00207. The predicted octanol–water partition coefficient (Wildman–Crippen LogP) is 5.44. The molecule has 46 heavy (non-hydrogen) atoms. The van der Waals surface area contributed by atoms with Crippen LogP contribution in [-0.4, -0.2) is 58.2 Å². The summed E-state index contributed by atoms with van der Waals surface area (Å²) < 4.78 is 13.1. The highest BCUT2D eigenvalue weighted by Crippen LogP contribution is 2.38. The number of hydrogen-bond acceptors (Lipinski definition) is 7. The average Bonchev–Trinajstić information content (AvgIpc) is 3.09. The van der Waals surface area contributed by atoms with Gasteiger partial charge in [-0.15, -0.1) is 0 Å². The maximum atomic E-state index is 12.0. The molecule has 1 saturated heterocycles. The molecule has 0 saturated carbocycles. The van der Waals surface area contributed by atoms with E-state index in [1.807, 2.05) is 97.2 Å². The van der Waals surface area contributed by atoms with Crippen molar-refractivity contribution in [2.24, 2.45) is 0 Å². The summed E-state index contributed by atoms with van der Waals surface area (Å²) in [5.74, 6) is -1.28. The lowest BCUT2D eigenvalue weighted by atomic mass is 9.99. The van der Waals surface area contributed by atoms with Gasteiger partial charge in [-0.05, 0) is 53.1 Å². The highest BCUT2D eigenvalue weighted by molar-refractivity contribution is 5.80. The number of carbonyl (C=O) groups excluding carboxylic acids is 1. The monoisotopic (exact) mass is 623 g/mol. The minimum Gasteiger partial charge on any atom is -0.481 e. The van der Waals surface area contributed by atoms with Gasteiger partial charge in [0.15, 0.2) is 6.29 Å². The summed E-state index contributed by atoms with van der Waals surface area (Å²) in [6, 6.07) is 29.9. The number of carboxylic acid groups (broad SMARTS) is 1. The van der Waals surface area contributed by atoms with Crippen LogP contribution in [0.3, 0.4) is 0 Å². The number of carboxylic acids is 1. The quantitative estimate of drug-likeness (QED) is 0.170. The van der Waals surface area contributed by atoms with Gasteiger partial charge < -0.3 is 29.9 Å².